The molecule has 5 nitrogen and oxygen atoms in total. The van der Waals surface area contributed by atoms with E-state index >= 15 is 0 Å². The molecule has 0 saturated carbocycles. The third-order valence-electron chi connectivity index (χ3n) is 17.6. The summed E-state index contributed by atoms with van der Waals surface area (Å²) >= 11 is 0. The molecule has 0 N–H and O–H groups in total. The molecule has 0 radical (unpaired) electrons. The summed E-state index contributed by atoms with van der Waals surface area (Å²) < 4.78 is 9.89. The molecule has 7 aromatic heterocycles. The van der Waals surface area contributed by atoms with Crippen LogP contribution in [0.25, 0.3) is 175 Å². The minimum Gasteiger partial charge on any atom is -0.309 e. The fourth-order valence-corrected chi connectivity index (χ4v) is 14.5. The number of rotatable bonds is 4. The highest BCUT2D eigenvalue weighted by molar-refractivity contribution is 6.40. The Hall–Kier alpha value is -10.5. The number of aromatic nitrogens is 5. The van der Waals surface area contributed by atoms with Crippen LogP contribution in [0.15, 0.2) is 249 Å². The smallest absolute Gasteiger partial charge is 0.146 e. The van der Waals surface area contributed by atoms with Crippen LogP contribution in [0, 0.1) is 0 Å². The van der Waals surface area contributed by atoms with E-state index in [0.717, 1.165) is 22.5 Å². The first-order chi connectivity index (χ1) is 38.7. The summed E-state index contributed by atoms with van der Waals surface area (Å²) in [5, 5.41) is 19.8. The molecule has 0 spiro atoms. The first-order valence-corrected chi connectivity index (χ1v) is 27.0. The van der Waals surface area contributed by atoms with Crippen molar-refractivity contribution in [3.8, 4) is 33.6 Å². The molecule has 0 aliphatic carbocycles. The van der Waals surface area contributed by atoms with Crippen LogP contribution in [-0.2, 0) is 0 Å². The van der Waals surface area contributed by atoms with Crippen molar-refractivity contribution in [2.24, 2.45) is 0 Å². The third kappa shape index (κ3) is 5.04. The maximum atomic E-state index is 5.72. The molecular formula is C73H41N5. The van der Waals surface area contributed by atoms with E-state index in [2.05, 4.69) is 267 Å². The van der Waals surface area contributed by atoms with E-state index in [1.54, 1.807) is 0 Å². The summed E-state index contributed by atoms with van der Waals surface area (Å²) in [4.78, 5) is 5.72. The normalized spacial score (nSPS) is 12.6. The summed E-state index contributed by atoms with van der Waals surface area (Å²) in [6.45, 7) is 0. The predicted molar refractivity (Wildman–Crippen MR) is 328 cm³/mol. The van der Waals surface area contributed by atoms with Crippen LogP contribution in [0.3, 0.4) is 0 Å². The minimum absolute atomic E-state index is 0.977. The lowest BCUT2D eigenvalue weighted by Crippen LogP contribution is -1.93. The lowest BCUT2D eigenvalue weighted by molar-refractivity contribution is 1.18. The van der Waals surface area contributed by atoms with E-state index in [1.165, 1.54) is 153 Å². The van der Waals surface area contributed by atoms with Crippen molar-refractivity contribution in [3.63, 3.8) is 0 Å². The summed E-state index contributed by atoms with van der Waals surface area (Å²) in [6.07, 6.45) is 2.18. The maximum absolute atomic E-state index is 5.72. The lowest BCUT2D eigenvalue weighted by Gasteiger charge is -2.12. The van der Waals surface area contributed by atoms with Gasteiger partial charge >= 0.3 is 0 Å². The van der Waals surface area contributed by atoms with Gasteiger partial charge in [0.1, 0.15) is 5.65 Å². The standard InChI is InChI=1S/C73H41N5/c1-3-19-46(20-4-1)75-60-31-13-11-25-51(60)56-37-44(33-35-62(56)75)50-27-15-28-53-59-39-43-18-8-10-24-49(43)66-68-64(77(69(50)53)72(59)66)41-74-73-67(68)55-30-16-29-54-58-38-42-17-7-9-23-48(42)65(71(58)78(73)70(54)55)45-34-36-63-57(40-45)52-26-12-14-32-61(52)76(63)47-21-5-2-6-22-47/h1-41H. The van der Waals surface area contributed by atoms with Crippen LogP contribution in [-0.4, -0.2) is 22.9 Å². The van der Waals surface area contributed by atoms with Gasteiger partial charge in [0.05, 0.1) is 55.8 Å². The first kappa shape index (κ1) is 40.8. The van der Waals surface area contributed by atoms with Crippen LogP contribution in [0.2, 0.25) is 0 Å². The number of fused-ring (bicyclic) bond motifs is 22. The molecule has 78 heavy (non-hydrogen) atoms. The minimum atomic E-state index is 0.977. The average Bonchev–Trinajstić information content (AvgIpc) is 4.22. The zero-order chi connectivity index (χ0) is 50.5. The number of nitrogens with zero attached hydrogens (tertiary/aromatic N) is 5. The molecule has 0 fully saturated rings. The summed E-state index contributed by atoms with van der Waals surface area (Å²) in [6, 6.07) is 89.9. The zero-order valence-corrected chi connectivity index (χ0v) is 41.9. The molecule has 0 amide bonds. The van der Waals surface area contributed by atoms with Crippen LogP contribution in [0.1, 0.15) is 0 Å². The van der Waals surface area contributed by atoms with Gasteiger partial charge in [-0.3, -0.25) is 4.40 Å². The molecule has 0 aliphatic rings. The number of benzene rings is 12. The summed E-state index contributed by atoms with van der Waals surface area (Å²) in [7, 11) is 0. The van der Waals surface area contributed by atoms with Gasteiger partial charge in [-0.25, -0.2) is 4.98 Å². The molecule has 0 atom stereocenters. The molecule has 19 aromatic rings. The molecule has 0 unspecified atom stereocenters. The fourth-order valence-electron chi connectivity index (χ4n) is 14.5. The first-order valence-electron chi connectivity index (χ1n) is 27.0. The molecule has 0 bridgehead atoms. The third-order valence-corrected chi connectivity index (χ3v) is 17.6. The van der Waals surface area contributed by atoms with Gasteiger partial charge in [0.2, 0.25) is 0 Å². The van der Waals surface area contributed by atoms with Crippen molar-refractivity contribution in [1.82, 2.24) is 22.9 Å². The quantitative estimate of drug-likeness (QED) is 0.173. The van der Waals surface area contributed by atoms with Gasteiger partial charge in [-0.05, 0) is 105 Å². The van der Waals surface area contributed by atoms with Crippen LogP contribution >= 0.6 is 0 Å². The topological polar surface area (TPSA) is 31.6 Å². The number of hydrogen-bond donors (Lipinski definition) is 0. The second-order valence-corrected chi connectivity index (χ2v) is 21.4. The fraction of sp³-hybridized carbons (Fsp3) is 0. The molecule has 7 heterocycles. The summed E-state index contributed by atoms with van der Waals surface area (Å²) in [5.74, 6) is 0. The van der Waals surface area contributed by atoms with Crippen molar-refractivity contribution in [2.75, 3.05) is 0 Å². The molecule has 5 heteroatoms. The number of pyridine rings is 1. The van der Waals surface area contributed by atoms with Crippen molar-refractivity contribution >= 4 is 141 Å². The van der Waals surface area contributed by atoms with Crippen molar-refractivity contribution < 1.29 is 0 Å². The van der Waals surface area contributed by atoms with Gasteiger partial charge < -0.3 is 13.5 Å². The van der Waals surface area contributed by atoms with Gasteiger partial charge in [0.15, 0.2) is 0 Å². The largest absolute Gasteiger partial charge is 0.309 e. The van der Waals surface area contributed by atoms with E-state index < -0.39 is 0 Å². The lowest BCUT2D eigenvalue weighted by atomic mass is 9.93. The molecule has 19 rings (SSSR count). The van der Waals surface area contributed by atoms with Crippen LogP contribution < -0.4 is 0 Å². The Morgan fingerprint density at radius 1 is 0.269 bits per heavy atom. The molecule has 358 valence electrons. The summed E-state index contributed by atoms with van der Waals surface area (Å²) in [5.41, 5.74) is 18.8. The van der Waals surface area contributed by atoms with Crippen LogP contribution in [0.5, 0.6) is 0 Å². The Morgan fingerprint density at radius 2 is 0.782 bits per heavy atom. The zero-order valence-electron chi connectivity index (χ0n) is 41.9. The van der Waals surface area contributed by atoms with E-state index in [-0.39, 0.29) is 0 Å². The van der Waals surface area contributed by atoms with Crippen molar-refractivity contribution in [2.45, 2.75) is 0 Å². The maximum Gasteiger partial charge on any atom is 0.146 e. The molecule has 0 saturated heterocycles. The van der Waals surface area contributed by atoms with Gasteiger partial charge in [0, 0.05) is 87.1 Å². The average molecular weight is 988 g/mol. The molecular weight excluding hydrogens is 947 g/mol. The van der Waals surface area contributed by atoms with E-state index in [1.807, 2.05) is 0 Å². The Bertz CT molecular complexity index is 5790. The second-order valence-electron chi connectivity index (χ2n) is 21.4. The Kier molecular flexibility index (Phi) is 7.68. The Morgan fingerprint density at radius 3 is 1.47 bits per heavy atom. The van der Waals surface area contributed by atoms with E-state index in [4.69, 9.17) is 4.98 Å². The highest BCUT2D eigenvalue weighted by atomic mass is 15.0. The van der Waals surface area contributed by atoms with Gasteiger partial charge in [-0.2, -0.15) is 0 Å². The van der Waals surface area contributed by atoms with E-state index in [0.29, 0.717) is 0 Å². The van der Waals surface area contributed by atoms with Crippen molar-refractivity contribution in [3.05, 3.63) is 249 Å². The SMILES string of the molecule is c1ccc(-n2c3ccccc3c3cc(-c4cccc5c6cc7ccccc7c7c8c9c%10cccc%11c%12cc%13ccccc%13c(-c%13ccc%14c(c%13)c%13ccccc%13n%14-c%13ccccc%13)c%12n(c9ncc8n(c45)c67)c%11%10)ccc32)cc1. The number of para-hydroxylation sites is 6. The van der Waals surface area contributed by atoms with Gasteiger partial charge in [0.25, 0.3) is 0 Å². The predicted octanol–water partition coefficient (Wildman–Crippen LogP) is 19.2. The van der Waals surface area contributed by atoms with Crippen LogP contribution in [0.4, 0.5) is 0 Å². The highest BCUT2D eigenvalue weighted by Crippen LogP contribution is 2.52. The molecule has 12 aromatic carbocycles. The van der Waals surface area contributed by atoms with Gasteiger partial charge in [-0.1, -0.05) is 170 Å². The Balaban J connectivity index is 0.933. The highest BCUT2D eigenvalue weighted by Gasteiger charge is 2.29. The van der Waals surface area contributed by atoms with Crippen molar-refractivity contribution in [1.29, 1.82) is 0 Å². The number of hydrogen-bond acceptors (Lipinski definition) is 1. The molecule has 0 aliphatic heterocycles. The van der Waals surface area contributed by atoms with Gasteiger partial charge in [-0.15, -0.1) is 0 Å². The van der Waals surface area contributed by atoms with E-state index in [9.17, 15) is 0 Å². The Labute approximate surface area is 444 Å². The monoisotopic (exact) mass is 987 g/mol. The second kappa shape index (κ2) is 14.7.